The predicted molar refractivity (Wildman–Crippen MR) is 120 cm³/mol. The number of carbonyl (C=O) groups excluding carboxylic acids is 1. The third kappa shape index (κ3) is 3.66. The largest absolute Gasteiger partial charge is 0.486 e. The Morgan fingerprint density at radius 3 is 2.65 bits per heavy atom. The van der Waals surface area contributed by atoms with Gasteiger partial charge in [0.05, 0.1) is 22.5 Å². The van der Waals surface area contributed by atoms with Crippen LogP contribution in [0.25, 0.3) is 22.3 Å². The van der Waals surface area contributed by atoms with Crippen LogP contribution in [0, 0.1) is 6.92 Å². The summed E-state index contributed by atoms with van der Waals surface area (Å²) in [5.41, 5.74) is 3.86. The lowest BCUT2D eigenvalue weighted by atomic mass is 10.0. The summed E-state index contributed by atoms with van der Waals surface area (Å²) in [5.74, 6) is 1.02. The lowest BCUT2D eigenvalue weighted by molar-refractivity contribution is 0.102. The van der Waals surface area contributed by atoms with Gasteiger partial charge in [-0.05, 0) is 48.9 Å². The minimum atomic E-state index is -0.261. The average Bonchev–Trinajstić information content (AvgIpc) is 2.81. The first-order valence-electron chi connectivity index (χ1n) is 9.82. The molecule has 2 aromatic carbocycles. The molecule has 1 aliphatic rings. The molecule has 0 saturated heterocycles. The molecule has 6 nitrogen and oxygen atoms in total. The molecular weight excluding hydrogens is 414 g/mol. The maximum Gasteiger partial charge on any atom is 0.256 e. The van der Waals surface area contributed by atoms with Crippen molar-refractivity contribution in [2.45, 2.75) is 6.92 Å². The molecule has 1 N–H and O–H groups in total. The summed E-state index contributed by atoms with van der Waals surface area (Å²) >= 11 is 6.33. The Morgan fingerprint density at radius 1 is 1.00 bits per heavy atom. The van der Waals surface area contributed by atoms with Gasteiger partial charge in [0.15, 0.2) is 11.5 Å². The number of nitrogens with one attached hydrogen (secondary N) is 1. The molecule has 1 amide bonds. The summed E-state index contributed by atoms with van der Waals surface area (Å²) in [7, 11) is 0. The van der Waals surface area contributed by atoms with Crippen molar-refractivity contribution in [3.63, 3.8) is 0 Å². The molecular formula is C24H18ClN3O3. The minimum Gasteiger partial charge on any atom is -0.486 e. The van der Waals surface area contributed by atoms with Crippen LogP contribution in [0.3, 0.4) is 0 Å². The number of nitrogens with zero attached hydrogens (tertiary/aromatic N) is 2. The quantitative estimate of drug-likeness (QED) is 0.477. The van der Waals surface area contributed by atoms with Crippen LogP contribution < -0.4 is 14.8 Å². The lowest BCUT2D eigenvalue weighted by Gasteiger charge is -2.19. The second kappa shape index (κ2) is 7.89. The molecule has 2 aromatic heterocycles. The number of pyridine rings is 2. The van der Waals surface area contributed by atoms with Crippen molar-refractivity contribution >= 4 is 34.1 Å². The number of ether oxygens (including phenoxy) is 2. The number of amides is 1. The Kier molecular flexibility index (Phi) is 4.92. The van der Waals surface area contributed by atoms with E-state index in [1.165, 1.54) is 0 Å². The van der Waals surface area contributed by atoms with E-state index in [1.54, 1.807) is 36.5 Å². The molecule has 0 saturated carbocycles. The van der Waals surface area contributed by atoms with E-state index in [0.717, 1.165) is 10.9 Å². The fourth-order valence-electron chi connectivity index (χ4n) is 3.56. The number of aromatic nitrogens is 2. The predicted octanol–water partition coefficient (Wildman–Crippen LogP) is 5.28. The van der Waals surface area contributed by atoms with E-state index < -0.39 is 0 Å². The Hall–Kier alpha value is -3.64. The van der Waals surface area contributed by atoms with Crippen molar-refractivity contribution in [1.82, 2.24) is 9.97 Å². The van der Waals surface area contributed by atoms with Crippen molar-refractivity contribution in [2.24, 2.45) is 0 Å². The van der Waals surface area contributed by atoms with Gasteiger partial charge >= 0.3 is 0 Å². The first-order chi connectivity index (χ1) is 15.1. The highest BCUT2D eigenvalue weighted by Gasteiger charge is 2.18. The maximum atomic E-state index is 13.3. The molecule has 1 aliphatic heterocycles. The van der Waals surface area contributed by atoms with Crippen LogP contribution in [0.2, 0.25) is 5.02 Å². The van der Waals surface area contributed by atoms with Gasteiger partial charge in [-0.3, -0.25) is 9.78 Å². The summed E-state index contributed by atoms with van der Waals surface area (Å²) in [6, 6.07) is 16.3. The number of rotatable bonds is 3. The van der Waals surface area contributed by atoms with Crippen LogP contribution in [0.1, 0.15) is 15.9 Å². The van der Waals surface area contributed by atoms with Crippen molar-refractivity contribution in [3.8, 4) is 22.9 Å². The Morgan fingerprint density at radius 2 is 1.84 bits per heavy atom. The molecule has 154 valence electrons. The molecule has 31 heavy (non-hydrogen) atoms. The van der Waals surface area contributed by atoms with Crippen LogP contribution in [0.15, 0.2) is 60.8 Å². The number of hydrogen-bond donors (Lipinski definition) is 1. The van der Waals surface area contributed by atoms with Crippen LogP contribution in [-0.2, 0) is 0 Å². The number of carbonyl (C=O) groups is 1. The van der Waals surface area contributed by atoms with Crippen LogP contribution in [0.5, 0.6) is 11.5 Å². The number of hydrogen-bond acceptors (Lipinski definition) is 5. The van der Waals surface area contributed by atoms with Crippen molar-refractivity contribution in [2.75, 3.05) is 18.5 Å². The Bertz CT molecular complexity index is 1310. The van der Waals surface area contributed by atoms with E-state index in [1.807, 2.05) is 31.2 Å². The van der Waals surface area contributed by atoms with Gasteiger partial charge in [0.25, 0.3) is 5.91 Å². The van der Waals surface area contributed by atoms with Crippen molar-refractivity contribution < 1.29 is 14.3 Å². The molecule has 0 bridgehead atoms. The number of fused-ring (bicyclic) bond motifs is 2. The monoisotopic (exact) mass is 431 g/mol. The van der Waals surface area contributed by atoms with E-state index >= 15 is 0 Å². The summed E-state index contributed by atoms with van der Waals surface area (Å²) in [4.78, 5) is 22.4. The molecule has 0 atom stereocenters. The molecule has 0 fully saturated rings. The first kappa shape index (κ1) is 19.3. The second-order valence-electron chi connectivity index (χ2n) is 7.15. The molecule has 3 heterocycles. The van der Waals surface area contributed by atoms with Gasteiger partial charge in [-0.25, -0.2) is 4.98 Å². The fraction of sp³-hybridized carbons (Fsp3) is 0.125. The Labute approximate surface area is 183 Å². The third-order valence-corrected chi connectivity index (χ3v) is 5.55. The molecule has 0 radical (unpaired) electrons. The zero-order chi connectivity index (χ0) is 21.4. The van der Waals surface area contributed by atoms with E-state index in [-0.39, 0.29) is 5.91 Å². The van der Waals surface area contributed by atoms with Gasteiger partial charge < -0.3 is 14.8 Å². The highest BCUT2D eigenvalue weighted by Crippen LogP contribution is 2.34. The fourth-order valence-corrected chi connectivity index (χ4v) is 3.71. The third-order valence-electron chi connectivity index (χ3n) is 5.14. The van der Waals surface area contributed by atoms with Gasteiger partial charge in [0.2, 0.25) is 0 Å². The smallest absolute Gasteiger partial charge is 0.256 e. The van der Waals surface area contributed by atoms with E-state index in [2.05, 4.69) is 10.3 Å². The van der Waals surface area contributed by atoms with Crippen LogP contribution >= 0.6 is 11.6 Å². The molecule has 4 aromatic rings. The van der Waals surface area contributed by atoms with Crippen LogP contribution in [-0.4, -0.2) is 29.1 Å². The summed E-state index contributed by atoms with van der Waals surface area (Å²) in [6.45, 7) is 2.88. The first-order valence-corrected chi connectivity index (χ1v) is 10.2. The Balaban J connectivity index is 1.59. The number of anilines is 1. The second-order valence-corrected chi connectivity index (χ2v) is 7.56. The zero-order valence-electron chi connectivity index (χ0n) is 16.7. The van der Waals surface area contributed by atoms with E-state index in [0.29, 0.717) is 57.9 Å². The lowest BCUT2D eigenvalue weighted by Crippen LogP contribution is -2.17. The topological polar surface area (TPSA) is 73.3 Å². The summed E-state index contributed by atoms with van der Waals surface area (Å²) in [6.07, 6.45) is 1.70. The zero-order valence-corrected chi connectivity index (χ0v) is 17.4. The van der Waals surface area contributed by atoms with Crippen molar-refractivity contribution in [3.05, 3.63) is 76.9 Å². The molecule has 0 aliphatic carbocycles. The average molecular weight is 432 g/mol. The number of benzene rings is 2. The molecule has 0 spiro atoms. The highest BCUT2D eigenvalue weighted by molar-refractivity contribution is 6.32. The summed E-state index contributed by atoms with van der Waals surface area (Å²) in [5, 5.41) is 4.27. The van der Waals surface area contributed by atoms with E-state index in [4.69, 9.17) is 26.1 Å². The van der Waals surface area contributed by atoms with Gasteiger partial charge in [0, 0.05) is 28.4 Å². The maximum absolute atomic E-state index is 13.3. The minimum absolute atomic E-state index is 0.261. The molecule has 7 heteroatoms. The number of halogens is 1. The molecule has 0 unspecified atom stereocenters. The standard InChI is InChI=1S/C24H18ClN3O3/c1-14-18(25)7-6-16-17(13-20(28-23(14)16)19-4-2-3-9-26-19)24(29)27-15-5-8-21-22(12-15)31-11-10-30-21/h2-9,12-13H,10-11H2,1H3,(H,27,29). The highest BCUT2D eigenvalue weighted by atomic mass is 35.5. The normalized spacial score (nSPS) is 12.6. The van der Waals surface area contributed by atoms with Gasteiger partial charge in [0.1, 0.15) is 13.2 Å². The van der Waals surface area contributed by atoms with Crippen LogP contribution in [0.4, 0.5) is 5.69 Å². The van der Waals surface area contributed by atoms with Gasteiger partial charge in [-0.2, -0.15) is 0 Å². The van der Waals surface area contributed by atoms with Crippen molar-refractivity contribution in [1.29, 1.82) is 0 Å². The van der Waals surface area contributed by atoms with Gasteiger partial charge in [-0.1, -0.05) is 23.7 Å². The van der Waals surface area contributed by atoms with Gasteiger partial charge in [-0.15, -0.1) is 0 Å². The summed E-state index contributed by atoms with van der Waals surface area (Å²) < 4.78 is 11.2. The number of aryl methyl sites for hydroxylation is 1. The molecule has 5 rings (SSSR count). The van der Waals surface area contributed by atoms with E-state index in [9.17, 15) is 4.79 Å². The SMILES string of the molecule is Cc1c(Cl)ccc2c(C(=O)Nc3ccc4c(c3)OCCO4)cc(-c3ccccn3)nc12.